The van der Waals surface area contributed by atoms with Crippen LogP contribution in [0.5, 0.6) is 5.75 Å². The molecule has 0 saturated heterocycles. The van der Waals surface area contributed by atoms with Crippen molar-refractivity contribution < 1.29 is 17.9 Å². The number of carbonyl (C=O) groups excluding carboxylic acids is 1. The second-order valence-electron chi connectivity index (χ2n) is 5.19. The average Bonchev–Trinajstić information content (AvgIpc) is 2.62. The number of primary sulfonamides is 1. The summed E-state index contributed by atoms with van der Waals surface area (Å²) in [4.78, 5) is 12.1. The number of methoxy groups -OCH3 is 1. The standard InChI is InChI=1S/C17H15ClN4O4S/c1-26-16-7-4-13(8-15(16)18)21-10-11(9-19)17(23)22-12-2-5-14(6-3-12)27(20,24)25/h2-8,10,21H,1H3,(H,22,23)(H2,20,24,25)/b11-10-. The van der Waals surface area contributed by atoms with E-state index >= 15 is 0 Å². The molecule has 2 aromatic rings. The Kier molecular flexibility index (Phi) is 6.41. The number of carbonyl (C=O) groups is 1. The summed E-state index contributed by atoms with van der Waals surface area (Å²) in [6, 6.07) is 11.9. The molecule has 0 fully saturated rings. The Bertz CT molecular complexity index is 1030. The Balaban J connectivity index is 2.10. The SMILES string of the molecule is COc1ccc(N/C=C(/C#N)C(=O)Nc2ccc(S(N)(=O)=O)cc2)cc1Cl. The fraction of sp³-hybridized carbons (Fsp3) is 0.0588. The molecule has 0 unspecified atom stereocenters. The second-order valence-corrected chi connectivity index (χ2v) is 7.16. The number of ether oxygens (including phenoxy) is 1. The van der Waals surface area contributed by atoms with Crippen LogP contribution in [0, 0.1) is 11.3 Å². The fourth-order valence-corrected chi connectivity index (χ4v) is 2.76. The number of sulfonamides is 1. The summed E-state index contributed by atoms with van der Waals surface area (Å²) in [5.41, 5.74) is 0.664. The normalized spacial score (nSPS) is 11.4. The molecule has 0 bridgehead atoms. The third kappa shape index (κ3) is 5.46. The smallest absolute Gasteiger partial charge is 0.267 e. The number of benzene rings is 2. The molecule has 0 atom stereocenters. The lowest BCUT2D eigenvalue weighted by atomic mass is 10.2. The van der Waals surface area contributed by atoms with Crippen LogP contribution in [-0.2, 0) is 14.8 Å². The lowest BCUT2D eigenvalue weighted by Crippen LogP contribution is -2.15. The number of amides is 1. The molecule has 0 aliphatic rings. The maximum absolute atomic E-state index is 12.2. The molecule has 0 heterocycles. The van der Waals surface area contributed by atoms with Gasteiger partial charge in [0.1, 0.15) is 17.4 Å². The number of nitrogens with zero attached hydrogens (tertiary/aromatic N) is 1. The minimum atomic E-state index is -3.82. The first-order valence-electron chi connectivity index (χ1n) is 7.39. The highest BCUT2D eigenvalue weighted by atomic mass is 35.5. The molecule has 0 spiro atoms. The number of anilines is 2. The largest absolute Gasteiger partial charge is 0.495 e. The van der Waals surface area contributed by atoms with Crippen LogP contribution in [0.4, 0.5) is 11.4 Å². The molecule has 10 heteroatoms. The van der Waals surface area contributed by atoms with Crippen molar-refractivity contribution in [3.05, 3.63) is 59.3 Å². The zero-order valence-corrected chi connectivity index (χ0v) is 15.6. The molecule has 0 saturated carbocycles. The van der Waals surface area contributed by atoms with E-state index in [0.29, 0.717) is 22.1 Å². The zero-order chi connectivity index (χ0) is 20.0. The first-order chi connectivity index (χ1) is 12.7. The van der Waals surface area contributed by atoms with Crippen molar-refractivity contribution in [2.75, 3.05) is 17.7 Å². The van der Waals surface area contributed by atoms with Crippen LogP contribution >= 0.6 is 11.6 Å². The fourth-order valence-electron chi connectivity index (χ4n) is 1.99. The first kappa shape index (κ1) is 20.3. The Morgan fingerprint density at radius 3 is 2.37 bits per heavy atom. The third-order valence-corrected chi connectivity index (χ3v) is 4.57. The predicted molar refractivity (Wildman–Crippen MR) is 102 cm³/mol. The van der Waals surface area contributed by atoms with Crippen LogP contribution < -0.4 is 20.5 Å². The quantitative estimate of drug-likeness (QED) is 0.498. The van der Waals surface area contributed by atoms with Crippen molar-refractivity contribution in [3.8, 4) is 11.8 Å². The summed E-state index contributed by atoms with van der Waals surface area (Å²) in [6.07, 6.45) is 1.23. The van der Waals surface area contributed by atoms with E-state index in [0.717, 1.165) is 0 Å². The van der Waals surface area contributed by atoms with E-state index in [2.05, 4.69) is 10.6 Å². The Morgan fingerprint density at radius 2 is 1.85 bits per heavy atom. The van der Waals surface area contributed by atoms with Gasteiger partial charge >= 0.3 is 0 Å². The third-order valence-electron chi connectivity index (χ3n) is 3.34. The Hall–Kier alpha value is -3.06. The minimum absolute atomic E-state index is 0.0883. The molecule has 2 rings (SSSR count). The van der Waals surface area contributed by atoms with Crippen molar-refractivity contribution in [2.45, 2.75) is 4.90 Å². The summed E-state index contributed by atoms with van der Waals surface area (Å²) in [5, 5.41) is 19.8. The summed E-state index contributed by atoms with van der Waals surface area (Å²) in [5.74, 6) is -0.180. The molecule has 2 aromatic carbocycles. The van der Waals surface area contributed by atoms with Gasteiger partial charge in [-0.15, -0.1) is 0 Å². The summed E-state index contributed by atoms with van der Waals surface area (Å²) < 4.78 is 27.5. The molecule has 1 amide bonds. The van der Waals surface area contributed by atoms with Crippen LogP contribution in [0.1, 0.15) is 0 Å². The van der Waals surface area contributed by atoms with Crippen LogP contribution in [0.3, 0.4) is 0 Å². The van der Waals surface area contributed by atoms with Gasteiger partial charge in [0, 0.05) is 17.6 Å². The number of hydrogen-bond acceptors (Lipinski definition) is 6. The van der Waals surface area contributed by atoms with Crippen LogP contribution in [-0.4, -0.2) is 21.4 Å². The van der Waals surface area contributed by atoms with Crippen LogP contribution in [0.2, 0.25) is 5.02 Å². The molecule has 0 aromatic heterocycles. The molecule has 140 valence electrons. The lowest BCUT2D eigenvalue weighted by Gasteiger charge is -2.07. The van der Waals surface area contributed by atoms with E-state index < -0.39 is 15.9 Å². The van der Waals surface area contributed by atoms with Crippen molar-refractivity contribution in [1.29, 1.82) is 5.26 Å². The van der Waals surface area contributed by atoms with Crippen molar-refractivity contribution >= 4 is 38.9 Å². The van der Waals surface area contributed by atoms with Crippen molar-refractivity contribution in [3.63, 3.8) is 0 Å². The van der Waals surface area contributed by atoms with E-state index in [1.54, 1.807) is 24.3 Å². The molecule has 0 aliphatic carbocycles. The number of rotatable bonds is 6. The maximum Gasteiger partial charge on any atom is 0.267 e. The summed E-state index contributed by atoms with van der Waals surface area (Å²) in [6.45, 7) is 0. The van der Waals surface area contributed by atoms with E-state index in [4.69, 9.17) is 21.5 Å². The van der Waals surface area contributed by atoms with Crippen molar-refractivity contribution in [1.82, 2.24) is 0 Å². The molecule has 8 nitrogen and oxygen atoms in total. The van der Waals surface area contributed by atoms with Crippen molar-refractivity contribution in [2.24, 2.45) is 5.14 Å². The molecule has 27 heavy (non-hydrogen) atoms. The first-order valence-corrected chi connectivity index (χ1v) is 9.31. The van der Waals surface area contributed by atoms with Gasteiger partial charge in [0.15, 0.2) is 0 Å². The minimum Gasteiger partial charge on any atom is -0.495 e. The maximum atomic E-state index is 12.2. The molecular formula is C17H15ClN4O4S. The number of nitrogens with two attached hydrogens (primary N) is 1. The highest BCUT2D eigenvalue weighted by Gasteiger charge is 2.11. The van der Waals surface area contributed by atoms with Gasteiger partial charge in [0.25, 0.3) is 5.91 Å². The Labute approximate surface area is 161 Å². The summed E-state index contributed by atoms with van der Waals surface area (Å²) in [7, 11) is -2.34. The van der Waals surface area contributed by atoms with Gasteiger partial charge in [-0.05, 0) is 42.5 Å². The van der Waals surface area contributed by atoms with Gasteiger partial charge in [0.05, 0.1) is 17.0 Å². The van der Waals surface area contributed by atoms with Gasteiger partial charge in [-0.25, -0.2) is 13.6 Å². The van der Waals surface area contributed by atoms with Crippen LogP contribution in [0.15, 0.2) is 59.1 Å². The van der Waals surface area contributed by atoms with Gasteiger partial charge in [-0.2, -0.15) is 5.26 Å². The van der Waals surface area contributed by atoms with Gasteiger partial charge in [0.2, 0.25) is 10.0 Å². The van der Waals surface area contributed by atoms with E-state index in [1.807, 2.05) is 0 Å². The van der Waals surface area contributed by atoms with Crippen LogP contribution in [0.25, 0.3) is 0 Å². The molecule has 0 radical (unpaired) electrons. The zero-order valence-electron chi connectivity index (χ0n) is 14.1. The van der Waals surface area contributed by atoms with Gasteiger partial charge in [-0.1, -0.05) is 11.6 Å². The number of halogens is 1. The lowest BCUT2D eigenvalue weighted by molar-refractivity contribution is -0.112. The number of nitrogens with one attached hydrogen (secondary N) is 2. The highest BCUT2D eigenvalue weighted by molar-refractivity contribution is 7.89. The second kappa shape index (κ2) is 8.55. The average molecular weight is 407 g/mol. The number of nitriles is 1. The van der Waals surface area contributed by atoms with E-state index in [1.165, 1.54) is 37.6 Å². The summed E-state index contributed by atoms with van der Waals surface area (Å²) >= 11 is 6.01. The topological polar surface area (TPSA) is 134 Å². The van der Waals surface area contributed by atoms with E-state index in [-0.39, 0.29) is 10.5 Å². The molecule has 4 N–H and O–H groups in total. The molecular weight excluding hydrogens is 392 g/mol. The van der Waals surface area contributed by atoms with Gasteiger partial charge < -0.3 is 15.4 Å². The highest BCUT2D eigenvalue weighted by Crippen LogP contribution is 2.27. The number of hydrogen-bond donors (Lipinski definition) is 3. The molecule has 0 aliphatic heterocycles. The monoisotopic (exact) mass is 406 g/mol. The van der Waals surface area contributed by atoms with E-state index in [9.17, 15) is 18.5 Å². The Morgan fingerprint density at radius 1 is 1.22 bits per heavy atom. The van der Waals surface area contributed by atoms with Gasteiger partial charge in [-0.3, -0.25) is 4.79 Å². The predicted octanol–water partition coefficient (Wildman–Crippen LogP) is 2.45.